The molecule has 1 saturated heterocycles. The van der Waals surface area contributed by atoms with Crippen molar-refractivity contribution in [3.05, 3.63) is 48.3 Å². The topological polar surface area (TPSA) is 59.4 Å². The van der Waals surface area contributed by atoms with E-state index in [1.54, 1.807) is 13.3 Å². The van der Waals surface area contributed by atoms with Gasteiger partial charge in [0.2, 0.25) is 0 Å². The van der Waals surface area contributed by atoms with Crippen molar-refractivity contribution in [3.8, 4) is 0 Å². The third-order valence-corrected chi connectivity index (χ3v) is 4.51. The molecule has 128 valence electrons. The molecule has 1 atom stereocenters. The van der Waals surface area contributed by atoms with Gasteiger partial charge in [-0.2, -0.15) is 5.10 Å². The molecule has 2 amide bonds. The van der Waals surface area contributed by atoms with Gasteiger partial charge in [-0.1, -0.05) is 30.3 Å². The number of amides is 2. The Balaban J connectivity index is 1.59. The first kappa shape index (κ1) is 16.5. The molecular formula is C18H24N4O2. The molecule has 1 aromatic carbocycles. The molecule has 0 aliphatic carbocycles. The van der Waals surface area contributed by atoms with Crippen LogP contribution in [0.25, 0.3) is 0 Å². The number of ether oxygens (including phenoxy) is 1. The predicted octanol–water partition coefficient (Wildman–Crippen LogP) is 2.96. The average molecular weight is 328 g/mol. The lowest BCUT2D eigenvalue weighted by atomic mass is 9.95. The highest BCUT2D eigenvalue weighted by atomic mass is 16.5. The molecule has 6 nitrogen and oxygen atoms in total. The summed E-state index contributed by atoms with van der Waals surface area (Å²) < 4.78 is 7.36. The number of carbonyl (C=O) groups is 1. The van der Waals surface area contributed by atoms with Crippen molar-refractivity contribution in [1.82, 2.24) is 14.7 Å². The fourth-order valence-corrected chi connectivity index (χ4v) is 3.03. The van der Waals surface area contributed by atoms with Gasteiger partial charge in [-0.3, -0.25) is 4.68 Å². The average Bonchev–Trinajstić information content (AvgIpc) is 3.03. The number of piperidine rings is 1. The number of carbonyl (C=O) groups excluding carboxylic acids is 1. The van der Waals surface area contributed by atoms with E-state index in [2.05, 4.69) is 22.5 Å². The molecule has 1 aromatic heterocycles. The highest BCUT2D eigenvalue weighted by Crippen LogP contribution is 2.24. The minimum absolute atomic E-state index is 0.0998. The quantitative estimate of drug-likeness (QED) is 0.939. The van der Waals surface area contributed by atoms with Crippen molar-refractivity contribution >= 4 is 11.7 Å². The second kappa shape index (κ2) is 7.05. The van der Waals surface area contributed by atoms with Crippen molar-refractivity contribution in [3.63, 3.8) is 0 Å². The Kier molecular flexibility index (Phi) is 4.85. The molecule has 0 spiro atoms. The highest BCUT2D eigenvalue weighted by Gasteiger charge is 2.33. The van der Waals surface area contributed by atoms with Crippen molar-refractivity contribution in [2.45, 2.75) is 31.9 Å². The van der Waals surface area contributed by atoms with Gasteiger partial charge in [0.15, 0.2) is 0 Å². The van der Waals surface area contributed by atoms with Crippen LogP contribution in [0.3, 0.4) is 0 Å². The third kappa shape index (κ3) is 3.94. The molecule has 1 unspecified atom stereocenters. The number of rotatable bonds is 4. The first-order valence-corrected chi connectivity index (χ1v) is 8.25. The largest absolute Gasteiger partial charge is 0.377 e. The van der Waals surface area contributed by atoms with Gasteiger partial charge < -0.3 is 15.0 Å². The van der Waals surface area contributed by atoms with Crippen LogP contribution in [0.4, 0.5) is 10.5 Å². The molecule has 1 N–H and O–H groups in total. The number of anilines is 1. The number of urea groups is 1. The van der Waals surface area contributed by atoms with Crippen LogP contribution < -0.4 is 5.32 Å². The molecule has 0 saturated carbocycles. The summed E-state index contributed by atoms with van der Waals surface area (Å²) in [6.45, 7) is 4.09. The van der Waals surface area contributed by atoms with Crippen molar-refractivity contribution in [1.29, 1.82) is 0 Å². The van der Waals surface area contributed by atoms with Crippen LogP contribution in [0.5, 0.6) is 0 Å². The van der Waals surface area contributed by atoms with E-state index in [9.17, 15) is 4.79 Å². The van der Waals surface area contributed by atoms with E-state index in [-0.39, 0.29) is 11.6 Å². The van der Waals surface area contributed by atoms with Gasteiger partial charge in [-0.05, 0) is 25.3 Å². The molecule has 3 rings (SSSR count). The fourth-order valence-electron chi connectivity index (χ4n) is 3.03. The summed E-state index contributed by atoms with van der Waals surface area (Å²) in [6, 6.07) is 10.0. The molecule has 1 fully saturated rings. The number of nitrogens with one attached hydrogen (secondary N) is 1. The van der Waals surface area contributed by atoms with E-state index in [4.69, 9.17) is 4.74 Å². The Bertz CT molecular complexity index is 685. The Hall–Kier alpha value is -2.34. The van der Waals surface area contributed by atoms with E-state index in [1.165, 1.54) is 5.56 Å². The molecule has 6 heteroatoms. The summed E-state index contributed by atoms with van der Waals surface area (Å²) in [5, 5.41) is 7.24. The summed E-state index contributed by atoms with van der Waals surface area (Å²) in [5.74, 6) is 0. The minimum atomic E-state index is -0.257. The summed E-state index contributed by atoms with van der Waals surface area (Å²) in [7, 11) is 1.70. The van der Waals surface area contributed by atoms with E-state index in [0.717, 1.165) is 19.4 Å². The molecule has 0 bridgehead atoms. The number of hydrogen-bond acceptors (Lipinski definition) is 3. The van der Waals surface area contributed by atoms with Crippen LogP contribution in [-0.2, 0) is 11.3 Å². The second-order valence-electron chi connectivity index (χ2n) is 6.52. The molecule has 1 aliphatic rings. The summed E-state index contributed by atoms with van der Waals surface area (Å²) >= 11 is 0. The Morgan fingerprint density at radius 2 is 2.17 bits per heavy atom. The minimum Gasteiger partial charge on any atom is -0.377 e. The Labute approximate surface area is 142 Å². The van der Waals surface area contributed by atoms with Crippen LogP contribution in [-0.4, -0.2) is 46.5 Å². The summed E-state index contributed by atoms with van der Waals surface area (Å²) in [6.07, 6.45) is 5.46. The van der Waals surface area contributed by atoms with Crippen LogP contribution in [0.1, 0.15) is 25.3 Å². The molecule has 1 aliphatic heterocycles. The SMILES string of the molecule is COC1(C)CCCN(C(=O)Nc2cnn(Cc3ccccc3)c2)C1. The number of likely N-dealkylation sites (tertiary alicyclic amines) is 1. The normalized spacial score (nSPS) is 20.8. The fraction of sp³-hybridized carbons (Fsp3) is 0.444. The predicted molar refractivity (Wildman–Crippen MR) is 93.0 cm³/mol. The monoisotopic (exact) mass is 328 g/mol. The van der Waals surface area contributed by atoms with Crippen LogP contribution in [0.15, 0.2) is 42.7 Å². The Morgan fingerprint density at radius 1 is 1.38 bits per heavy atom. The number of methoxy groups -OCH3 is 1. The Morgan fingerprint density at radius 3 is 2.92 bits per heavy atom. The lowest BCUT2D eigenvalue weighted by molar-refractivity contribution is -0.0389. The van der Waals surface area contributed by atoms with E-state index >= 15 is 0 Å². The lowest BCUT2D eigenvalue weighted by Crippen LogP contribution is -2.50. The lowest BCUT2D eigenvalue weighted by Gasteiger charge is -2.39. The molecule has 2 aromatic rings. The zero-order chi connectivity index (χ0) is 17.0. The molecule has 2 heterocycles. The number of hydrogen-bond donors (Lipinski definition) is 1. The molecule has 24 heavy (non-hydrogen) atoms. The molecular weight excluding hydrogens is 304 g/mol. The zero-order valence-electron chi connectivity index (χ0n) is 14.2. The summed E-state index contributed by atoms with van der Waals surface area (Å²) in [4.78, 5) is 14.3. The number of benzene rings is 1. The van der Waals surface area contributed by atoms with E-state index in [0.29, 0.717) is 18.8 Å². The number of nitrogens with zero attached hydrogens (tertiary/aromatic N) is 3. The maximum atomic E-state index is 12.5. The van der Waals surface area contributed by atoms with Gasteiger partial charge in [0.25, 0.3) is 0 Å². The van der Waals surface area contributed by atoms with Gasteiger partial charge >= 0.3 is 6.03 Å². The number of aromatic nitrogens is 2. The highest BCUT2D eigenvalue weighted by molar-refractivity contribution is 5.89. The van der Waals surface area contributed by atoms with Gasteiger partial charge in [0.1, 0.15) is 0 Å². The maximum absolute atomic E-state index is 12.5. The molecule has 0 radical (unpaired) electrons. The second-order valence-corrected chi connectivity index (χ2v) is 6.52. The zero-order valence-corrected chi connectivity index (χ0v) is 14.2. The van der Waals surface area contributed by atoms with Crippen molar-refractivity contribution in [2.75, 3.05) is 25.5 Å². The standard InChI is InChI=1S/C18H24N4O2/c1-18(24-2)9-6-10-21(14-18)17(23)20-16-11-19-22(13-16)12-15-7-4-3-5-8-15/h3-5,7-8,11,13H,6,9-10,12,14H2,1-2H3,(H,20,23). The smallest absolute Gasteiger partial charge is 0.322 e. The van der Waals surface area contributed by atoms with Crippen LogP contribution >= 0.6 is 0 Å². The van der Waals surface area contributed by atoms with Gasteiger partial charge in [0, 0.05) is 19.9 Å². The van der Waals surface area contributed by atoms with Crippen LogP contribution in [0.2, 0.25) is 0 Å². The van der Waals surface area contributed by atoms with Gasteiger partial charge in [-0.15, -0.1) is 0 Å². The maximum Gasteiger partial charge on any atom is 0.322 e. The van der Waals surface area contributed by atoms with Crippen molar-refractivity contribution in [2.24, 2.45) is 0 Å². The van der Waals surface area contributed by atoms with E-state index < -0.39 is 0 Å². The van der Waals surface area contributed by atoms with Gasteiger partial charge in [0.05, 0.1) is 30.6 Å². The van der Waals surface area contributed by atoms with Crippen molar-refractivity contribution < 1.29 is 9.53 Å². The van der Waals surface area contributed by atoms with E-state index in [1.807, 2.05) is 40.9 Å². The van der Waals surface area contributed by atoms with Gasteiger partial charge in [-0.25, -0.2) is 4.79 Å². The first-order chi connectivity index (χ1) is 11.6. The first-order valence-electron chi connectivity index (χ1n) is 8.25. The third-order valence-electron chi connectivity index (χ3n) is 4.51. The van der Waals surface area contributed by atoms with Crippen LogP contribution in [0, 0.1) is 0 Å². The summed E-state index contributed by atoms with van der Waals surface area (Å²) in [5.41, 5.74) is 1.62.